The molecule has 23 heavy (non-hydrogen) atoms. The van der Waals surface area contributed by atoms with Crippen LogP contribution in [-0.4, -0.2) is 49.0 Å². The number of carbonyl (C=O) groups is 2. The van der Waals surface area contributed by atoms with Crippen LogP contribution in [0.3, 0.4) is 0 Å². The number of aliphatic hydroxyl groups excluding tert-OH is 1. The van der Waals surface area contributed by atoms with E-state index in [2.05, 4.69) is 10.6 Å². The summed E-state index contributed by atoms with van der Waals surface area (Å²) in [6, 6.07) is 7.17. The Hall–Kier alpha value is -2.28. The molecule has 1 aromatic carbocycles. The number of benzene rings is 1. The number of carbonyl (C=O) groups excluding carboxylic acids is 1. The number of methoxy groups -OCH3 is 1. The molecule has 0 saturated heterocycles. The molecule has 2 amide bonds. The van der Waals surface area contributed by atoms with Crippen molar-refractivity contribution in [1.29, 1.82) is 0 Å². The highest BCUT2D eigenvalue weighted by Gasteiger charge is 2.27. The second-order valence-electron chi connectivity index (χ2n) is 5.75. The van der Waals surface area contributed by atoms with E-state index in [1.165, 1.54) is 0 Å². The first-order valence-corrected chi connectivity index (χ1v) is 7.36. The fourth-order valence-electron chi connectivity index (χ4n) is 2.01. The molecular weight excluding hydrogens is 300 g/mol. The van der Waals surface area contributed by atoms with Gasteiger partial charge in [-0.25, -0.2) is 4.79 Å². The Morgan fingerprint density at radius 2 is 1.87 bits per heavy atom. The number of amides is 2. The molecular formula is C16H24N2O5. The summed E-state index contributed by atoms with van der Waals surface area (Å²) < 4.78 is 5.07. The number of rotatable bonds is 9. The number of carboxylic acids is 1. The average Bonchev–Trinajstić information content (AvgIpc) is 2.53. The highest BCUT2D eigenvalue weighted by Crippen LogP contribution is 2.19. The van der Waals surface area contributed by atoms with Gasteiger partial charge in [0.25, 0.3) is 0 Å². The van der Waals surface area contributed by atoms with Gasteiger partial charge in [0.05, 0.1) is 20.1 Å². The zero-order valence-electron chi connectivity index (χ0n) is 13.5. The summed E-state index contributed by atoms with van der Waals surface area (Å²) in [5.74, 6) is -0.232. The van der Waals surface area contributed by atoms with Crippen molar-refractivity contribution in [2.24, 2.45) is 5.41 Å². The van der Waals surface area contributed by atoms with E-state index < -0.39 is 11.4 Å². The lowest BCUT2D eigenvalue weighted by atomic mass is 9.88. The quantitative estimate of drug-likeness (QED) is 0.542. The summed E-state index contributed by atoms with van der Waals surface area (Å²) in [7, 11) is 1.60. The van der Waals surface area contributed by atoms with Crippen molar-refractivity contribution in [3.05, 3.63) is 29.8 Å². The fourth-order valence-corrected chi connectivity index (χ4v) is 2.01. The SMILES string of the molecule is COc1ccc(CCNC(=O)NCC(C)(CO)CC(=O)O)cc1. The minimum absolute atomic E-state index is 0.0875. The third kappa shape index (κ3) is 7.01. The minimum atomic E-state index is -1.01. The molecule has 0 spiro atoms. The van der Waals surface area contributed by atoms with Crippen LogP contribution in [0.15, 0.2) is 24.3 Å². The summed E-state index contributed by atoms with van der Waals surface area (Å²) in [6.45, 7) is 1.83. The number of carboxylic acid groups (broad SMARTS) is 1. The maximum absolute atomic E-state index is 11.7. The standard InChI is InChI=1S/C16H24N2O5/c1-16(11-19,9-14(20)21)10-18-15(22)17-8-7-12-3-5-13(23-2)6-4-12/h3-6,19H,7-11H2,1-2H3,(H,20,21)(H2,17,18,22). The van der Waals surface area contributed by atoms with Crippen LogP contribution < -0.4 is 15.4 Å². The van der Waals surface area contributed by atoms with E-state index in [9.17, 15) is 14.7 Å². The van der Waals surface area contributed by atoms with Gasteiger partial charge in [-0.15, -0.1) is 0 Å². The molecule has 1 unspecified atom stereocenters. The molecule has 1 atom stereocenters. The van der Waals surface area contributed by atoms with E-state index in [1.54, 1.807) is 14.0 Å². The van der Waals surface area contributed by atoms with Gasteiger partial charge in [0.1, 0.15) is 5.75 Å². The minimum Gasteiger partial charge on any atom is -0.497 e. The summed E-state index contributed by atoms with van der Waals surface area (Å²) in [5, 5.41) is 23.4. The first-order chi connectivity index (χ1) is 10.9. The van der Waals surface area contributed by atoms with E-state index in [0.29, 0.717) is 13.0 Å². The lowest BCUT2D eigenvalue weighted by molar-refractivity contribution is -0.140. The van der Waals surface area contributed by atoms with Crippen LogP contribution in [0.1, 0.15) is 18.9 Å². The van der Waals surface area contributed by atoms with Crippen LogP contribution in [0, 0.1) is 5.41 Å². The smallest absolute Gasteiger partial charge is 0.314 e. The van der Waals surface area contributed by atoms with E-state index in [1.807, 2.05) is 24.3 Å². The second kappa shape index (κ2) is 8.99. The number of hydrogen-bond acceptors (Lipinski definition) is 4. The van der Waals surface area contributed by atoms with Crippen molar-refractivity contribution in [1.82, 2.24) is 10.6 Å². The van der Waals surface area contributed by atoms with Crippen molar-refractivity contribution in [2.45, 2.75) is 19.8 Å². The van der Waals surface area contributed by atoms with Crippen molar-refractivity contribution < 1.29 is 24.5 Å². The molecule has 0 saturated carbocycles. The largest absolute Gasteiger partial charge is 0.497 e. The van der Waals surface area contributed by atoms with Crippen molar-refractivity contribution in [3.8, 4) is 5.75 Å². The Balaban J connectivity index is 2.32. The van der Waals surface area contributed by atoms with Gasteiger partial charge < -0.3 is 25.6 Å². The maximum Gasteiger partial charge on any atom is 0.314 e. The number of urea groups is 1. The Bertz CT molecular complexity index is 518. The van der Waals surface area contributed by atoms with Gasteiger partial charge in [-0.05, 0) is 24.1 Å². The third-order valence-electron chi connectivity index (χ3n) is 3.49. The molecule has 7 nitrogen and oxygen atoms in total. The van der Waals surface area contributed by atoms with E-state index in [4.69, 9.17) is 9.84 Å². The monoisotopic (exact) mass is 324 g/mol. The Labute approximate surface area is 135 Å². The maximum atomic E-state index is 11.7. The van der Waals surface area contributed by atoms with Crippen molar-refractivity contribution in [2.75, 3.05) is 26.8 Å². The number of nitrogens with one attached hydrogen (secondary N) is 2. The van der Waals surface area contributed by atoms with Gasteiger partial charge in [-0.1, -0.05) is 19.1 Å². The van der Waals surface area contributed by atoms with Gasteiger partial charge in [-0.2, -0.15) is 0 Å². The molecule has 0 bridgehead atoms. The highest BCUT2D eigenvalue weighted by molar-refractivity contribution is 5.74. The number of aliphatic hydroxyl groups is 1. The van der Waals surface area contributed by atoms with Crippen LogP contribution in [0.25, 0.3) is 0 Å². The molecule has 0 aliphatic heterocycles. The molecule has 1 aromatic rings. The lowest BCUT2D eigenvalue weighted by Crippen LogP contribution is -2.44. The van der Waals surface area contributed by atoms with Crippen LogP contribution in [0.2, 0.25) is 0 Å². The molecule has 0 aliphatic carbocycles. The van der Waals surface area contributed by atoms with Gasteiger partial charge in [0.15, 0.2) is 0 Å². The van der Waals surface area contributed by atoms with E-state index in [0.717, 1.165) is 11.3 Å². The number of aliphatic carboxylic acids is 1. The molecule has 7 heteroatoms. The van der Waals surface area contributed by atoms with Gasteiger partial charge in [-0.3, -0.25) is 4.79 Å². The van der Waals surface area contributed by atoms with E-state index >= 15 is 0 Å². The van der Waals surface area contributed by atoms with Crippen LogP contribution in [0.5, 0.6) is 5.75 Å². The van der Waals surface area contributed by atoms with Gasteiger partial charge in [0, 0.05) is 18.5 Å². The Morgan fingerprint density at radius 3 is 2.39 bits per heavy atom. The fraction of sp³-hybridized carbons (Fsp3) is 0.500. The Morgan fingerprint density at radius 1 is 1.22 bits per heavy atom. The lowest BCUT2D eigenvalue weighted by Gasteiger charge is -2.25. The average molecular weight is 324 g/mol. The van der Waals surface area contributed by atoms with Crippen LogP contribution in [-0.2, 0) is 11.2 Å². The van der Waals surface area contributed by atoms with Crippen molar-refractivity contribution >= 4 is 12.0 Å². The normalized spacial score (nSPS) is 13.0. The first kappa shape index (κ1) is 18.8. The molecule has 0 aliphatic rings. The summed E-state index contributed by atoms with van der Waals surface area (Å²) in [6.07, 6.45) is 0.458. The first-order valence-electron chi connectivity index (χ1n) is 7.36. The summed E-state index contributed by atoms with van der Waals surface area (Å²) >= 11 is 0. The van der Waals surface area contributed by atoms with E-state index in [-0.39, 0.29) is 25.6 Å². The summed E-state index contributed by atoms with van der Waals surface area (Å²) in [5.41, 5.74) is 0.191. The zero-order valence-corrected chi connectivity index (χ0v) is 13.5. The van der Waals surface area contributed by atoms with Crippen LogP contribution in [0.4, 0.5) is 4.79 Å². The number of hydrogen-bond donors (Lipinski definition) is 4. The molecule has 0 fully saturated rings. The highest BCUT2D eigenvalue weighted by atomic mass is 16.5. The zero-order chi connectivity index (χ0) is 17.3. The predicted octanol–water partition coefficient (Wildman–Crippen LogP) is 1.01. The molecule has 0 radical (unpaired) electrons. The topological polar surface area (TPSA) is 108 Å². The molecule has 0 aromatic heterocycles. The molecule has 128 valence electrons. The van der Waals surface area contributed by atoms with Crippen LogP contribution >= 0.6 is 0 Å². The third-order valence-corrected chi connectivity index (χ3v) is 3.49. The van der Waals surface area contributed by atoms with Gasteiger partial charge in [0.2, 0.25) is 0 Å². The number of ether oxygens (including phenoxy) is 1. The van der Waals surface area contributed by atoms with Gasteiger partial charge >= 0.3 is 12.0 Å². The Kier molecular flexibility index (Phi) is 7.34. The second-order valence-corrected chi connectivity index (χ2v) is 5.75. The summed E-state index contributed by atoms with van der Waals surface area (Å²) in [4.78, 5) is 22.5. The predicted molar refractivity (Wildman–Crippen MR) is 85.5 cm³/mol. The molecule has 4 N–H and O–H groups in total. The molecule has 0 heterocycles. The molecule has 1 rings (SSSR count). The van der Waals surface area contributed by atoms with Crippen molar-refractivity contribution in [3.63, 3.8) is 0 Å².